The minimum Gasteiger partial charge on any atom is -0.318 e. The highest BCUT2D eigenvalue weighted by atomic mass is 35.5. The molecule has 1 fully saturated rings. The number of amidine groups is 1. The lowest BCUT2D eigenvalue weighted by molar-refractivity contribution is -0.115. The van der Waals surface area contributed by atoms with E-state index in [1.165, 1.54) is 11.8 Å². The summed E-state index contributed by atoms with van der Waals surface area (Å²) in [5, 5.41) is 4.13. The molecular formula is C22H18ClN3OS. The molecule has 0 saturated carbocycles. The van der Waals surface area contributed by atoms with Gasteiger partial charge in [0.25, 0.3) is 5.91 Å². The van der Waals surface area contributed by atoms with Crippen LogP contribution in [0, 0.1) is 13.8 Å². The van der Waals surface area contributed by atoms with Gasteiger partial charge in [-0.15, -0.1) is 0 Å². The van der Waals surface area contributed by atoms with Crippen molar-refractivity contribution in [3.8, 4) is 5.69 Å². The molecule has 6 heteroatoms. The molecule has 3 aromatic rings. The highest BCUT2D eigenvalue weighted by Crippen LogP contribution is 2.30. The van der Waals surface area contributed by atoms with Crippen molar-refractivity contribution >= 4 is 46.2 Å². The monoisotopic (exact) mass is 407 g/mol. The summed E-state index contributed by atoms with van der Waals surface area (Å²) < 4.78 is 2.15. The van der Waals surface area contributed by atoms with Gasteiger partial charge in [-0.1, -0.05) is 29.8 Å². The third kappa shape index (κ3) is 3.77. The van der Waals surface area contributed by atoms with Crippen LogP contribution in [0.25, 0.3) is 11.8 Å². The van der Waals surface area contributed by atoms with Gasteiger partial charge in [-0.2, -0.15) is 0 Å². The van der Waals surface area contributed by atoms with Gasteiger partial charge in [0, 0.05) is 22.1 Å². The van der Waals surface area contributed by atoms with E-state index < -0.39 is 0 Å². The van der Waals surface area contributed by atoms with E-state index in [2.05, 4.69) is 20.9 Å². The second-order valence-corrected chi connectivity index (χ2v) is 7.92. The number of hydrogen-bond donors (Lipinski definition) is 1. The number of carbonyl (C=O) groups excluding carboxylic acids is 1. The summed E-state index contributed by atoms with van der Waals surface area (Å²) in [4.78, 5) is 17.5. The Morgan fingerprint density at radius 2 is 1.79 bits per heavy atom. The van der Waals surface area contributed by atoms with Crippen molar-refractivity contribution < 1.29 is 4.79 Å². The largest absolute Gasteiger partial charge is 0.318 e. The fourth-order valence-corrected chi connectivity index (χ4v) is 4.12. The third-order valence-corrected chi connectivity index (χ3v) is 5.64. The average molecular weight is 408 g/mol. The number of hydrogen-bond acceptors (Lipinski definition) is 3. The lowest BCUT2D eigenvalue weighted by Crippen LogP contribution is -2.19. The number of rotatable bonds is 3. The molecule has 4 rings (SSSR count). The Kier molecular flexibility index (Phi) is 5.11. The number of nitrogens with one attached hydrogen (secondary N) is 1. The molecule has 0 bridgehead atoms. The van der Waals surface area contributed by atoms with Crippen molar-refractivity contribution in [2.75, 3.05) is 0 Å². The standard InChI is InChI=1S/C22H18ClN3OS/c1-14-12-16(15(2)26(14)19-10-8-17(23)9-11-19)13-20-21(27)25-22(28-20)24-18-6-4-3-5-7-18/h3-13H,1-2H3,(H,24,25,27). The van der Waals surface area contributed by atoms with Gasteiger partial charge in [-0.05, 0) is 79.7 Å². The molecule has 2 aromatic carbocycles. The maximum absolute atomic E-state index is 12.4. The van der Waals surface area contributed by atoms with E-state index in [0.717, 1.165) is 28.3 Å². The molecule has 140 valence electrons. The van der Waals surface area contributed by atoms with Crippen molar-refractivity contribution in [3.05, 3.63) is 87.5 Å². The van der Waals surface area contributed by atoms with E-state index in [1.54, 1.807) is 0 Å². The highest BCUT2D eigenvalue weighted by molar-refractivity contribution is 8.18. The van der Waals surface area contributed by atoms with E-state index in [-0.39, 0.29) is 5.91 Å². The van der Waals surface area contributed by atoms with Gasteiger partial charge in [0.2, 0.25) is 0 Å². The van der Waals surface area contributed by atoms with Crippen LogP contribution in [0.5, 0.6) is 0 Å². The van der Waals surface area contributed by atoms with Gasteiger partial charge >= 0.3 is 0 Å². The summed E-state index contributed by atoms with van der Waals surface area (Å²) >= 11 is 7.36. The summed E-state index contributed by atoms with van der Waals surface area (Å²) in [6.45, 7) is 4.10. The number of nitrogens with zero attached hydrogens (tertiary/aromatic N) is 2. The Morgan fingerprint density at radius 3 is 2.50 bits per heavy atom. The molecule has 1 saturated heterocycles. The number of amides is 1. The number of carbonyl (C=O) groups is 1. The fraction of sp³-hybridized carbons (Fsp3) is 0.0909. The van der Waals surface area contributed by atoms with Crippen LogP contribution >= 0.6 is 23.4 Å². The Labute approximate surface area is 172 Å². The van der Waals surface area contributed by atoms with E-state index >= 15 is 0 Å². The molecular weight excluding hydrogens is 390 g/mol. The Hall–Kier alpha value is -2.76. The first-order valence-corrected chi connectivity index (χ1v) is 10.0. The molecule has 1 N–H and O–H groups in total. The van der Waals surface area contributed by atoms with E-state index in [0.29, 0.717) is 15.1 Å². The van der Waals surface area contributed by atoms with Crippen LogP contribution in [0.4, 0.5) is 5.69 Å². The molecule has 1 amide bonds. The van der Waals surface area contributed by atoms with Crippen molar-refractivity contribution in [1.82, 2.24) is 9.88 Å². The number of thioether (sulfide) groups is 1. The van der Waals surface area contributed by atoms with Crippen LogP contribution in [0.15, 0.2) is 70.6 Å². The van der Waals surface area contributed by atoms with Gasteiger partial charge in [0.1, 0.15) is 0 Å². The molecule has 0 unspecified atom stereocenters. The second-order valence-electron chi connectivity index (χ2n) is 6.46. The third-order valence-electron chi connectivity index (χ3n) is 4.48. The van der Waals surface area contributed by atoms with Crippen molar-refractivity contribution in [2.45, 2.75) is 13.8 Å². The Balaban J connectivity index is 1.64. The Bertz CT molecular complexity index is 1100. The van der Waals surface area contributed by atoms with Crippen LogP contribution in [0.3, 0.4) is 0 Å². The minimum absolute atomic E-state index is 0.129. The van der Waals surface area contributed by atoms with Crippen molar-refractivity contribution in [3.63, 3.8) is 0 Å². The lowest BCUT2D eigenvalue weighted by Gasteiger charge is -2.09. The van der Waals surface area contributed by atoms with Gasteiger partial charge < -0.3 is 9.88 Å². The predicted molar refractivity (Wildman–Crippen MR) is 118 cm³/mol. The average Bonchev–Trinajstić information content (AvgIpc) is 3.16. The smallest absolute Gasteiger partial charge is 0.264 e. The molecule has 0 spiro atoms. The van der Waals surface area contributed by atoms with Crippen LogP contribution in [-0.4, -0.2) is 15.6 Å². The molecule has 4 nitrogen and oxygen atoms in total. The van der Waals surface area contributed by atoms with Crippen molar-refractivity contribution in [2.24, 2.45) is 4.99 Å². The van der Waals surface area contributed by atoms with Crippen LogP contribution in [-0.2, 0) is 4.79 Å². The summed E-state index contributed by atoms with van der Waals surface area (Å²) in [6.07, 6.45) is 1.92. The quantitative estimate of drug-likeness (QED) is 0.571. The topological polar surface area (TPSA) is 46.4 Å². The molecule has 1 aromatic heterocycles. The number of halogens is 1. The molecule has 0 aliphatic carbocycles. The zero-order valence-corrected chi connectivity index (χ0v) is 17.0. The van der Waals surface area contributed by atoms with E-state index in [9.17, 15) is 4.79 Å². The number of aliphatic imine (C=N–C) groups is 1. The molecule has 1 aliphatic rings. The number of para-hydroxylation sites is 1. The molecule has 2 heterocycles. The summed E-state index contributed by atoms with van der Waals surface area (Å²) in [5.41, 5.74) is 5.01. The van der Waals surface area contributed by atoms with Crippen LogP contribution < -0.4 is 5.32 Å². The first kappa shape index (κ1) is 18.6. The van der Waals surface area contributed by atoms with Crippen LogP contribution in [0.2, 0.25) is 5.02 Å². The van der Waals surface area contributed by atoms with Crippen molar-refractivity contribution in [1.29, 1.82) is 0 Å². The Morgan fingerprint density at radius 1 is 1.07 bits per heavy atom. The van der Waals surface area contributed by atoms with E-state index in [1.807, 2.05) is 74.5 Å². The number of aryl methyl sites for hydroxylation is 1. The summed E-state index contributed by atoms with van der Waals surface area (Å²) in [6, 6.07) is 19.4. The van der Waals surface area contributed by atoms with Crippen LogP contribution in [0.1, 0.15) is 17.0 Å². The number of aromatic nitrogens is 1. The zero-order valence-electron chi connectivity index (χ0n) is 15.4. The first-order chi connectivity index (χ1) is 13.5. The SMILES string of the molecule is Cc1cc(C=C2SC(=Nc3ccccc3)NC2=O)c(C)n1-c1ccc(Cl)cc1. The predicted octanol–water partition coefficient (Wildman–Crippen LogP) is 5.64. The molecule has 0 radical (unpaired) electrons. The maximum Gasteiger partial charge on any atom is 0.264 e. The first-order valence-electron chi connectivity index (χ1n) is 8.81. The molecule has 28 heavy (non-hydrogen) atoms. The zero-order chi connectivity index (χ0) is 19.7. The summed E-state index contributed by atoms with van der Waals surface area (Å²) in [5.74, 6) is -0.129. The van der Waals surface area contributed by atoms with Gasteiger partial charge in [-0.3, -0.25) is 4.79 Å². The van der Waals surface area contributed by atoms with Gasteiger partial charge in [0.05, 0.1) is 10.6 Å². The van der Waals surface area contributed by atoms with Gasteiger partial charge in [0.15, 0.2) is 5.17 Å². The van der Waals surface area contributed by atoms with E-state index in [4.69, 9.17) is 11.6 Å². The minimum atomic E-state index is -0.129. The number of benzene rings is 2. The summed E-state index contributed by atoms with van der Waals surface area (Å²) in [7, 11) is 0. The maximum atomic E-state index is 12.4. The lowest BCUT2D eigenvalue weighted by atomic mass is 10.2. The highest BCUT2D eigenvalue weighted by Gasteiger charge is 2.24. The fourth-order valence-electron chi connectivity index (χ4n) is 3.16. The normalized spacial score (nSPS) is 16.8. The van der Waals surface area contributed by atoms with Gasteiger partial charge in [-0.25, -0.2) is 4.99 Å². The molecule has 0 atom stereocenters. The molecule has 1 aliphatic heterocycles. The second kappa shape index (κ2) is 7.70.